The number of carbonyl (C=O) groups is 2. The van der Waals surface area contributed by atoms with Gasteiger partial charge in [-0.1, -0.05) is 30.7 Å². The number of nitrogens with one attached hydrogen (secondary N) is 1. The largest absolute Gasteiger partial charge is 0.343 e. The van der Waals surface area contributed by atoms with Crippen molar-refractivity contribution in [1.82, 2.24) is 10.2 Å². The van der Waals surface area contributed by atoms with Gasteiger partial charge in [0.05, 0.1) is 17.1 Å². The minimum atomic E-state index is -0.294. The van der Waals surface area contributed by atoms with Crippen LogP contribution in [0.1, 0.15) is 35.7 Å². The molecule has 1 heterocycles. The van der Waals surface area contributed by atoms with Crippen LogP contribution in [0, 0.1) is 0 Å². The molecule has 1 N–H and O–H groups in total. The van der Waals surface area contributed by atoms with E-state index in [1.165, 1.54) is 0 Å². The molecular weight excluding hydrogens is 276 g/mol. The highest BCUT2D eigenvalue weighted by Gasteiger charge is 2.19. The third kappa shape index (κ3) is 3.31. The van der Waals surface area contributed by atoms with E-state index in [9.17, 15) is 9.59 Å². The molecule has 1 aliphatic rings. The number of likely N-dealkylation sites (tertiary alicyclic amines) is 1. The fourth-order valence-corrected chi connectivity index (χ4v) is 2.70. The zero-order valence-electron chi connectivity index (χ0n) is 11.6. The molecule has 1 saturated heterocycles. The first kappa shape index (κ1) is 14.9. The van der Waals surface area contributed by atoms with Crippen LogP contribution in [0.3, 0.4) is 0 Å². The molecule has 0 atom stereocenters. The molecule has 4 nitrogen and oxygen atoms in total. The fraction of sp³-hybridized carbons (Fsp3) is 0.467. The number of benzene rings is 1. The third-order valence-corrected chi connectivity index (χ3v) is 4.01. The van der Waals surface area contributed by atoms with Crippen LogP contribution in [0.15, 0.2) is 18.2 Å². The Labute approximate surface area is 124 Å². The standard InChI is InChI=1S/C15H19ClN2O2/c1-2-11-6-5-7-12(14(11)16)15(20)17-10-13(19)18-8-3-4-9-18/h5-7H,2-4,8-10H2,1H3,(H,17,20). The summed E-state index contributed by atoms with van der Waals surface area (Å²) in [6.45, 7) is 3.60. The van der Waals surface area contributed by atoms with Crippen LogP contribution in [-0.2, 0) is 11.2 Å². The van der Waals surface area contributed by atoms with Crippen molar-refractivity contribution in [2.75, 3.05) is 19.6 Å². The van der Waals surface area contributed by atoms with Crippen LogP contribution in [-0.4, -0.2) is 36.3 Å². The lowest BCUT2D eigenvalue weighted by atomic mass is 10.1. The van der Waals surface area contributed by atoms with E-state index in [-0.39, 0.29) is 18.4 Å². The summed E-state index contributed by atoms with van der Waals surface area (Å²) in [4.78, 5) is 25.7. The third-order valence-electron chi connectivity index (χ3n) is 3.56. The van der Waals surface area contributed by atoms with E-state index in [4.69, 9.17) is 11.6 Å². The highest BCUT2D eigenvalue weighted by molar-refractivity contribution is 6.34. The van der Waals surface area contributed by atoms with Gasteiger partial charge in [-0.3, -0.25) is 9.59 Å². The van der Waals surface area contributed by atoms with Gasteiger partial charge >= 0.3 is 0 Å². The second-order valence-corrected chi connectivity index (χ2v) is 5.28. The Morgan fingerprint density at radius 2 is 2.00 bits per heavy atom. The number of hydrogen-bond donors (Lipinski definition) is 1. The minimum Gasteiger partial charge on any atom is -0.343 e. The Balaban J connectivity index is 1.96. The molecule has 0 aromatic heterocycles. The zero-order chi connectivity index (χ0) is 14.5. The van der Waals surface area contributed by atoms with Gasteiger partial charge in [-0.05, 0) is 30.9 Å². The average molecular weight is 295 g/mol. The van der Waals surface area contributed by atoms with Crippen molar-refractivity contribution in [2.45, 2.75) is 26.2 Å². The van der Waals surface area contributed by atoms with Gasteiger partial charge in [-0.15, -0.1) is 0 Å². The number of halogens is 1. The van der Waals surface area contributed by atoms with Gasteiger partial charge in [0.25, 0.3) is 5.91 Å². The van der Waals surface area contributed by atoms with Crippen molar-refractivity contribution < 1.29 is 9.59 Å². The van der Waals surface area contributed by atoms with Gasteiger partial charge in [0, 0.05) is 13.1 Å². The molecule has 0 unspecified atom stereocenters. The number of carbonyl (C=O) groups excluding carboxylic acids is 2. The van der Waals surface area contributed by atoms with Crippen molar-refractivity contribution in [3.63, 3.8) is 0 Å². The van der Waals surface area contributed by atoms with Gasteiger partial charge in [-0.25, -0.2) is 0 Å². The highest BCUT2D eigenvalue weighted by atomic mass is 35.5. The lowest BCUT2D eigenvalue weighted by Gasteiger charge is -2.15. The van der Waals surface area contributed by atoms with Gasteiger partial charge in [0.1, 0.15) is 0 Å². The molecule has 0 aliphatic carbocycles. The Bertz CT molecular complexity index is 511. The number of hydrogen-bond acceptors (Lipinski definition) is 2. The number of aryl methyl sites for hydroxylation is 1. The van der Waals surface area contributed by atoms with Crippen LogP contribution >= 0.6 is 11.6 Å². The molecule has 2 rings (SSSR count). The lowest BCUT2D eigenvalue weighted by molar-refractivity contribution is -0.129. The van der Waals surface area contributed by atoms with Crippen LogP contribution in [0.4, 0.5) is 0 Å². The second-order valence-electron chi connectivity index (χ2n) is 4.90. The van der Waals surface area contributed by atoms with Gasteiger partial charge in [0.2, 0.25) is 5.91 Å². The maximum atomic E-state index is 12.1. The van der Waals surface area contributed by atoms with E-state index in [2.05, 4.69) is 5.32 Å². The molecule has 20 heavy (non-hydrogen) atoms. The minimum absolute atomic E-state index is 0.0291. The topological polar surface area (TPSA) is 49.4 Å². The second kappa shape index (κ2) is 6.75. The monoisotopic (exact) mass is 294 g/mol. The summed E-state index contributed by atoms with van der Waals surface area (Å²) in [5, 5.41) is 3.13. The molecule has 108 valence electrons. The summed E-state index contributed by atoms with van der Waals surface area (Å²) in [6, 6.07) is 5.38. The smallest absolute Gasteiger partial charge is 0.253 e. The maximum Gasteiger partial charge on any atom is 0.253 e. The molecule has 1 aromatic carbocycles. The van der Waals surface area contributed by atoms with Gasteiger partial charge in [-0.2, -0.15) is 0 Å². The number of nitrogens with zero attached hydrogens (tertiary/aromatic N) is 1. The summed E-state index contributed by atoms with van der Waals surface area (Å²) in [6.07, 6.45) is 2.86. The van der Waals surface area contributed by atoms with Crippen LogP contribution < -0.4 is 5.32 Å². The van der Waals surface area contributed by atoms with Gasteiger partial charge < -0.3 is 10.2 Å². The summed E-state index contributed by atoms with van der Waals surface area (Å²) in [5.74, 6) is -0.323. The van der Waals surface area contributed by atoms with Crippen molar-refractivity contribution >= 4 is 23.4 Å². The Morgan fingerprint density at radius 3 is 2.65 bits per heavy atom. The first-order valence-electron chi connectivity index (χ1n) is 6.97. The van der Waals surface area contributed by atoms with E-state index >= 15 is 0 Å². The van der Waals surface area contributed by atoms with Crippen molar-refractivity contribution in [2.24, 2.45) is 0 Å². The molecule has 1 fully saturated rings. The van der Waals surface area contributed by atoms with Crippen LogP contribution in [0.2, 0.25) is 5.02 Å². The van der Waals surface area contributed by atoms with E-state index in [1.54, 1.807) is 11.0 Å². The molecular formula is C15H19ClN2O2. The summed E-state index contributed by atoms with van der Waals surface area (Å²) < 4.78 is 0. The first-order chi connectivity index (χ1) is 9.63. The molecule has 0 radical (unpaired) electrons. The van der Waals surface area contributed by atoms with E-state index in [0.29, 0.717) is 10.6 Å². The van der Waals surface area contributed by atoms with Crippen LogP contribution in [0.25, 0.3) is 0 Å². The molecule has 0 bridgehead atoms. The normalized spacial score (nSPS) is 14.4. The van der Waals surface area contributed by atoms with Crippen molar-refractivity contribution in [3.05, 3.63) is 34.3 Å². The number of rotatable bonds is 4. The molecule has 1 aromatic rings. The first-order valence-corrected chi connectivity index (χ1v) is 7.34. The van der Waals surface area contributed by atoms with E-state index in [0.717, 1.165) is 37.9 Å². The number of amides is 2. The molecule has 0 spiro atoms. The Hall–Kier alpha value is -1.55. The quantitative estimate of drug-likeness (QED) is 0.926. The zero-order valence-corrected chi connectivity index (χ0v) is 12.4. The Morgan fingerprint density at radius 1 is 1.30 bits per heavy atom. The maximum absolute atomic E-state index is 12.1. The molecule has 2 amide bonds. The lowest BCUT2D eigenvalue weighted by Crippen LogP contribution is -2.38. The van der Waals surface area contributed by atoms with Crippen LogP contribution in [0.5, 0.6) is 0 Å². The molecule has 1 aliphatic heterocycles. The summed E-state index contributed by atoms with van der Waals surface area (Å²) >= 11 is 6.19. The average Bonchev–Trinajstić information content (AvgIpc) is 2.99. The molecule has 5 heteroatoms. The van der Waals surface area contributed by atoms with Gasteiger partial charge in [0.15, 0.2) is 0 Å². The summed E-state index contributed by atoms with van der Waals surface area (Å²) in [5.41, 5.74) is 1.37. The van der Waals surface area contributed by atoms with Crippen molar-refractivity contribution in [1.29, 1.82) is 0 Å². The highest BCUT2D eigenvalue weighted by Crippen LogP contribution is 2.21. The Kier molecular flexibility index (Phi) is 5.01. The van der Waals surface area contributed by atoms with Crippen molar-refractivity contribution in [3.8, 4) is 0 Å². The molecule has 0 saturated carbocycles. The van der Waals surface area contributed by atoms with E-state index < -0.39 is 0 Å². The predicted octanol–water partition coefficient (Wildman–Crippen LogP) is 2.25. The van der Waals surface area contributed by atoms with E-state index in [1.807, 2.05) is 19.1 Å². The fourth-order valence-electron chi connectivity index (χ4n) is 2.36. The SMILES string of the molecule is CCc1cccc(C(=O)NCC(=O)N2CCCC2)c1Cl. The summed E-state index contributed by atoms with van der Waals surface area (Å²) in [7, 11) is 0. The predicted molar refractivity (Wildman–Crippen MR) is 79.0 cm³/mol.